The number of anilines is 1. The van der Waals surface area contributed by atoms with Gasteiger partial charge in [-0.2, -0.15) is 0 Å². The molecule has 1 fully saturated rings. The lowest BCUT2D eigenvalue weighted by atomic mass is 9.58. The number of allylic oxidation sites excluding steroid dienone is 1. The number of phenolic OH excluding ortho intramolecular Hbond substituents is 1. The van der Waals surface area contributed by atoms with Crippen LogP contribution in [0, 0.1) is 17.3 Å². The molecule has 0 spiro atoms. The summed E-state index contributed by atoms with van der Waals surface area (Å²) in [6, 6.07) is 1.78. The molecule has 3 aliphatic rings. The normalized spacial score (nSPS) is 25.3. The van der Waals surface area contributed by atoms with Gasteiger partial charge in [-0.3, -0.25) is 19.2 Å². The number of carbonyl (C=O) groups excluding carboxylic acids is 4. The van der Waals surface area contributed by atoms with Gasteiger partial charge >= 0.3 is 0 Å². The van der Waals surface area contributed by atoms with Crippen molar-refractivity contribution in [1.29, 1.82) is 0 Å². The molecule has 3 atom stereocenters. The second-order valence-corrected chi connectivity index (χ2v) is 11.6. The zero-order valence-electron chi connectivity index (χ0n) is 22.0. The van der Waals surface area contributed by atoms with Crippen LogP contribution in [-0.4, -0.2) is 69.9 Å². The first-order chi connectivity index (χ1) is 17.5. The van der Waals surface area contributed by atoms with Crippen LogP contribution in [0.25, 0.3) is 5.76 Å². The number of hydrogen-bond donors (Lipinski definition) is 6. The smallest absolute Gasteiger partial charge is 0.256 e. The standard InChI is InChI=1S/C27H33N3O8/c1-26(2,3)10-29-9-12-8-15(30(4)5)13-6-11-7-14-20(32)22(34)18(25(28)37)24(36)27(14,38)23(35)16(11)21(33)17(13)19(12)31/h8,11,14,29,31,33-34,38H,6-7,9-10H2,1-5H3,(H2,28,37)/t11?,14-,27-/m0/s1. The van der Waals surface area contributed by atoms with Crippen LogP contribution in [-0.2, 0) is 32.1 Å². The van der Waals surface area contributed by atoms with Gasteiger partial charge in [-0.25, -0.2) is 0 Å². The van der Waals surface area contributed by atoms with Gasteiger partial charge in [0.25, 0.3) is 5.91 Å². The summed E-state index contributed by atoms with van der Waals surface area (Å²) < 4.78 is 0. The highest BCUT2D eigenvalue weighted by Gasteiger charge is 2.64. The Morgan fingerprint density at radius 2 is 1.76 bits per heavy atom. The quantitative estimate of drug-likeness (QED) is 0.236. The topological polar surface area (TPSA) is 190 Å². The Balaban J connectivity index is 1.88. The summed E-state index contributed by atoms with van der Waals surface area (Å²) in [4.78, 5) is 53.2. The van der Waals surface area contributed by atoms with E-state index >= 15 is 0 Å². The van der Waals surface area contributed by atoms with Crippen LogP contribution in [0.1, 0.15) is 43.9 Å². The average molecular weight is 528 g/mol. The number of benzene rings is 1. The van der Waals surface area contributed by atoms with Gasteiger partial charge in [-0.05, 0) is 35.8 Å². The van der Waals surface area contributed by atoms with E-state index in [0.717, 1.165) is 0 Å². The average Bonchev–Trinajstić information content (AvgIpc) is 2.79. The lowest BCUT2D eigenvalue weighted by Crippen LogP contribution is -2.64. The molecule has 0 bridgehead atoms. The lowest BCUT2D eigenvalue weighted by molar-refractivity contribution is -0.163. The van der Waals surface area contributed by atoms with E-state index in [1.807, 2.05) is 0 Å². The molecule has 11 nitrogen and oxygen atoms in total. The van der Waals surface area contributed by atoms with E-state index in [1.54, 1.807) is 25.1 Å². The van der Waals surface area contributed by atoms with Crippen LogP contribution >= 0.6 is 0 Å². The van der Waals surface area contributed by atoms with Crippen molar-refractivity contribution in [2.75, 3.05) is 25.5 Å². The molecule has 0 radical (unpaired) electrons. The third kappa shape index (κ3) is 3.97. The SMILES string of the molecule is CN(C)c1cc(CNCC(C)(C)C)c(O)c2c1CC1C[C@H]3C(=O)C(O)=C(C(N)=O)C(=O)[C@@]3(O)C(=O)C1=C2O. The molecule has 0 aromatic heterocycles. The maximum absolute atomic E-state index is 13.7. The molecule has 1 aromatic carbocycles. The van der Waals surface area contributed by atoms with Crippen molar-refractivity contribution < 1.29 is 39.6 Å². The van der Waals surface area contributed by atoms with Gasteiger partial charge in [-0.1, -0.05) is 20.8 Å². The van der Waals surface area contributed by atoms with Crippen molar-refractivity contribution >= 4 is 34.7 Å². The molecule has 11 heteroatoms. The number of primary amides is 1. The number of nitrogens with one attached hydrogen (secondary N) is 1. The molecule has 0 aliphatic heterocycles. The number of amides is 1. The molecule has 3 aliphatic carbocycles. The van der Waals surface area contributed by atoms with Crippen molar-refractivity contribution in [3.05, 3.63) is 39.7 Å². The van der Waals surface area contributed by atoms with Crippen molar-refractivity contribution in [2.24, 2.45) is 23.0 Å². The summed E-state index contributed by atoms with van der Waals surface area (Å²) in [5, 5.41) is 47.4. The van der Waals surface area contributed by atoms with E-state index in [1.165, 1.54) is 0 Å². The Labute approximate surface area is 219 Å². The van der Waals surface area contributed by atoms with Gasteiger partial charge in [0, 0.05) is 44.0 Å². The Bertz CT molecular complexity index is 1350. The molecule has 0 heterocycles. The number of nitrogens with zero attached hydrogens (tertiary/aromatic N) is 1. The first-order valence-electron chi connectivity index (χ1n) is 12.3. The number of aliphatic hydroxyl groups is 3. The van der Waals surface area contributed by atoms with E-state index in [4.69, 9.17) is 5.73 Å². The number of aromatic hydroxyl groups is 1. The van der Waals surface area contributed by atoms with Crippen LogP contribution in [0.5, 0.6) is 5.75 Å². The minimum atomic E-state index is -3.02. The molecule has 1 aromatic rings. The Hall–Kier alpha value is -3.70. The number of fused-ring (bicyclic) bond motifs is 3. The van der Waals surface area contributed by atoms with Gasteiger partial charge in [0.05, 0.1) is 11.5 Å². The number of hydrogen-bond acceptors (Lipinski definition) is 10. The molecule has 1 unspecified atom stereocenters. The van der Waals surface area contributed by atoms with Gasteiger partial charge < -0.3 is 36.4 Å². The predicted molar refractivity (Wildman–Crippen MR) is 137 cm³/mol. The van der Waals surface area contributed by atoms with E-state index in [2.05, 4.69) is 26.1 Å². The minimum Gasteiger partial charge on any atom is -0.507 e. The summed E-state index contributed by atoms with van der Waals surface area (Å²) in [7, 11) is 3.58. The van der Waals surface area contributed by atoms with Gasteiger partial charge in [0.2, 0.25) is 23.0 Å². The number of ketones is 3. The fourth-order valence-electron chi connectivity index (χ4n) is 5.68. The largest absolute Gasteiger partial charge is 0.507 e. The summed E-state index contributed by atoms with van der Waals surface area (Å²) in [6.07, 6.45) is -0.150. The second-order valence-electron chi connectivity index (χ2n) is 11.6. The molecule has 1 amide bonds. The summed E-state index contributed by atoms with van der Waals surface area (Å²) >= 11 is 0. The van der Waals surface area contributed by atoms with Crippen LogP contribution in [0.2, 0.25) is 0 Å². The van der Waals surface area contributed by atoms with Crippen LogP contribution in [0.15, 0.2) is 23.0 Å². The Morgan fingerprint density at radius 3 is 2.32 bits per heavy atom. The number of Topliss-reactive ketones (excluding diaryl/α,β-unsaturated/α-hetero) is 3. The lowest BCUT2D eigenvalue weighted by Gasteiger charge is -2.45. The highest BCUT2D eigenvalue weighted by molar-refractivity contribution is 6.37. The van der Waals surface area contributed by atoms with E-state index in [-0.39, 0.29) is 41.7 Å². The fourth-order valence-corrected chi connectivity index (χ4v) is 5.68. The van der Waals surface area contributed by atoms with Gasteiger partial charge in [0.1, 0.15) is 17.1 Å². The van der Waals surface area contributed by atoms with Crippen molar-refractivity contribution in [2.45, 2.75) is 45.8 Å². The zero-order valence-corrected chi connectivity index (χ0v) is 22.0. The maximum atomic E-state index is 13.7. The number of carbonyl (C=O) groups is 4. The number of nitrogens with two attached hydrogens (primary N) is 1. The fraction of sp³-hybridized carbons (Fsp3) is 0.481. The summed E-state index contributed by atoms with van der Waals surface area (Å²) in [5.74, 6) is -9.85. The van der Waals surface area contributed by atoms with Crippen LogP contribution in [0.3, 0.4) is 0 Å². The van der Waals surface area contributed by atoms with E-state index < -0.39 is 57.8 Å². The highest BCUT2D eigenvalue weighted by Crippen LogP contribution is 2.52. The molecule has 4 rings (SSSR count). The summed E-state index contributed by atoms with van der Waals surface area (Å²) in [6.45, 7) is 7.06. The van der Waals surface area contributed by atoms with Gasteiger partial charge in [0.15, 0.2) is 5.76 Å². The zero-order chi connectivity index (χ0) is 28.5. The third-order valence-corrected chi connectivity index (χ3v) is 7.49. The number of rotatable bonds is 5. The third-order valence-electron chi connectivity index (χ3n) is 7.49. The molecular weight excluding hydrogens is 494 g/mol. The van der Waals surface area contributed by atoms with Crippen molar-refractivity contribution in [1.82, 2.24) is 5.32 Å². The predicted octanol–water partition coefficient (Wildman–Crippen LogP) is 0.805. The molecule has 204 valence electrons. The number of aliphatic hydroxyl groups excluding tert-OH is 2. The highest BCUT2D eigenvalue weighted by atomic mass is 16.3. The minimum absolute atomic E-state index is 0.00788. The molecule has 7 N–H and O–H groups in total. The first kappa shape index (κ1) is 27.3. The van der Waals surface area contributed by atoms with Crippen molar-refractivity contribution in [3.63, 3.8) is 0 Å². The van der Waals surface area contributed by atoms with Crippen LogP contribution in [0.4, 0.5) is 5.69 Å². The molecule has 38 heavy (non-hydrogen) atoms. The van der Waals surface area contributed by atoms with E-state index in [9.17, 15) is 39.6 Å². The first-order valence-corrected chi connectivity index (χ1v) is 12.3. The molecule has 1 saturated carbocycles. The van der Waals surface area contributed by atoms with Crippen molar-refractivity contribution in [3.8, 4) is 5.75 Å². The second kappa shape index (κ2) is 8.95. The van der Waals surface area contributed by atoms with Crippen LogP contribution < -0.4 is 16.0 Å². The Morgan fingerprint density at radius 1 is 1.13 bits per heavy atom. The molecule has 0 saturated heterocycles. The van der Waals surface area contributed by atoms with Gasteiger partial charge in [-0.15, -0.1) is 0 Å². The Kier molecular flexibility index (Phi) is 6.44. The monoisotopic (exact) mass is 527 g/mol. The number of phenols is 1. The summed E-state index contributed by atoms with van der Waals surface area (Å²) in [5.41, 5.74) is 2.32. The molecular formula is C27H33N3O8. The maximum Gasteiger partial charge on any atom is 0.256 e. The van der Waals surface area contributed by atoms with E-state index in [0.29, 0.717) is 23.4 Å².